The van der Waals surface area contributed by atoms with Gasteiger partial charge in [-0.3, -0.25) is 9.59 Å². The Morgan fingerprint density at radius 2 is 1.81 bits per heavy atom. The molecule has 1 fully saturated rings. The Bertz CT molecular complexity index is 1590. The second kappa shape index (κ2) is 11.3. The molecule has 1 heterocycles. The molecule has 1 aliphatic carbocycles. The number of nitrogens with zero attached hydrogens (tertiary/aromatic N) is 2. The number of methoxy groups -OCH3 is 1. The number of imide groups is 1. The minimum Gasteiger partial charge on any atom is -0.465 e. The third-order valence-electron chi connectivity index (χ3n) is 7.29. The van der Waals surface area contributed by atoms with Crippen molar-refractivity contribution in [3.8, 4) is 0 Å². The van der Waals surface area contributed by atoms with Crippen LogP contribution in [0, 0.1) is 5.82 Å². The zero-order chi connectivity index (χ0) is 30.0. The topological polar surface area (TPSA) is 134 Å². The number of para-hydroxylation sites is 1. The maximum Gasteiger partial charge on any atom is 0.418 e. The summed E-state index contributed by atoms with van der Waals surface area (Å²) in [6, 6.07) is 16.2. The van der Waals surface area contributed by atoms with Crippen LogP contribution in [0.1, 0.15) is 33.5 Å². The molecule has 2 N–H and O–H groups in total. The van der Waals surface area contributed by atoms with Gasteiger partial charge in [-0.2, -0.15) is 0 Å². The maximum absolute atomic E-state index is 13.8. The number of rotatable bonds is 7. The molecule has 5 rings (SSSR count). The number of amides is 5. The van der Waals surface area contributed by atoms with E-state index in [0.717, 1.165) is 10.5 Å². The highest BCUT2D eigenvalue weighted by atomic mass is 19.1. The van der Waals surface area contributed by atoms with Gasteiger partial charge in [-0.15, -0.1) is 0 Å². The highest BCUT2D eigenvalue weighted by molar-refractivity contribution is 6.09. The molecule has 0 radical (unpaired) electrons. The Morgan fingerprint density at radius 3 is 2.52 bits per heavy atom. The number of ether oxygens (including phenoxy) is 2. The molecule has 0 unspecified atom stereocenters. The number of nitrogens with one attached hydrogen (secondary N) is 2. The van der Waals surface area contributed by atoms with Crippen LogP contribution < -0.4 is 15.5 Å². The Hall–Kier alpha value is -5.26. The van der Waals surface area contributed by atoms with E-state index in [0.29, 0.717) is 23.2 Å². The number of benzene rings is 3. The molecule has 1 spiro atoms. The zero-order valence-corrected chi connectivity index (χ0v) is 22.8. The summed E-state index contributed by atoms with van der Waals surface area (Å²) in [6.07, 6.45) is -0.398. The first-order valence-corrected chi connectivity index (χ1v) is 13.1. The summed E-state index contributed by atoms with van der Waals surface area (Å²) in [5.74, 6) is -2.52. The van der Waals surface area contributed by atoms with Gasteiger partial charge in [0.05, 0.1) is 24.9 Å². The van der Waals surface area contributed by atoms with Crippen molar-refractivity contribution in [1.82, 2.24) is 10.2 Å². The Balaban J connectivity index is 1.43. The van der Waals surface area contributed by atoms with Crippen LogP contribution in [0.15, 0.2) is 66.7 Å². The zero-order valence-electron chi connectivity index (χ0n) is 22.8. The quantitative estimate of drug-likeness (QED) is 0.411. The third-order valence-corrected chi connectivity index (χ3v) is 7.29. The first-order valence-electron chi connectivity index (χ1n) is 13.1. The van der Waals surface area contributed by atoms with Crippen LogP contribution in [0.25, 0.3) is 0 Å². The fourth-order valence-electron chi connectivity index (χ4n) is 5.22. The average molecular weight is 575 g/mol. The van der Waals surface area contributed by atoms with E-state index in [-0.39, 0.29) is 24.2 Å². The number of halogens is 1. The summed E-state index contributed by atoms with van der Waals surface area (Å²) >= 11 is 0. The van der Waals surface area contributed by atoms with Crippen molar-refractivity contribution in [1.29, 1.82) is 0 Å². The van der Waals surface area contributed by atoms with Crippen LogP contribution >= 0.6 is 0 Å². The molecule has 3 aromatic carbocycles. The lowest BCUT2D eigenvalue weighted by atomic mass is 9.94. The van der Waals surface area contributed by atoms with Crippen molar-refractivity contribution < 1.29 is 37.8 Å². The van der Waals surface area contributed by atoms with Gasteiger partial charge in [0.1, 0.15) is 12.4 Å². The maximum atomic E-state index is 13.8. The van der Waals surface area contributed by atoms with Gasteiger partial charge in [0.25, 0.3) is 5.91 Å². The smallest absolute Gasteiger partial charge is 0.418 e. The summed E-state index contributed by atoms with van der Waals surface area (Å²) in [5.41, 5.74) is 0.950. The number of aryl methyl sites for hydroxylation is 1. The molecule has 5 amide bonds. The van der Waals surface area contributed by atoms with Gasteiger partial charge in [0, 0.05) is 24.7 Å². The van der Waals surface area contributed by atoms with Crippen molar-refractivity contribution >= 4 is 41.3 Å². The highest BCUT2D eigenvalue weighted by Gasteiger charge is 2.58. The fraction of sp³-hybridized carbons (Fsp3) is 0.233. The largest absolute Gasteiger partial charge is 0.465 e. The van der Waals surface area contributed by atoms with Crippen LogP contribution in [0.3, 0.4) is 0 Å². The van der Waals surface area contributed by atoms with Gasteiger partial charge < -0.3 is 25.0 Å². The summed E-state index contributed by atoms with van der Waals surface area (Å²) in [5, 5.41) is 5.13. The minimum atomic E-state index is -1.59. The van der Waals surface area contributed by atoms with Crippen LogP contribution in [0.2, 0.25) is 0 Å². The van der Waals surface area contributed by atoms with E-state index in [2.05, 4.69) is 10.6 Å². The molecule has 216 valence electrons. The van der Waals surface area contributed by atoms with Crippen molar-refractivity contribution in [3.63, 3.8) is 0 Å². The molecule has 0 bridgehead atoms. The number of hydrogen-bond acceptors (Lipinski definition) is 7. The molecular formula is C30H27FN4O7. The van der Waals surface area contributed by atoms with Crippen molar-refractivity contribution in [2.24, 2.45) is 0 Å². The Kier molecular flexibility index (Phi) is 7.62. The van der Waals surface area contributed by atoms with Crippen LogP contribution in [0.5, 0.6) is 0 Å². The highest BCUT2D eigenvalue weighted by Crippen LogP contribution is 2.46. The lowest BCUT2D eigenvalue weighted by molar-refractivity contribution is -0.139. The summed E-state index contributed by atoms with van der Waals surface area (Å²) < 4.78 is 24.1. The van der Waals surface area contributed by atoms with Crippen molar-refractivity contribution in [3.05, 3.63) is 94.8 Å². The molecule has 0 saturated carbocycles. The number of esters is 1. The van der Waals surface area contributed by atoms with E-state index in [1.54, 1.807) is 30.3 Å². The molecular weight excluding hydrogens is 547 g/mol. The lowest BCUT2D eigenvalue weighted by Gasteiger charge is -2.26. The molecule has 2 aliphatic rings. The Labute approximate surface area is 240 Å². The van der Waals surface area contributed by atoms with E-state index in [1.807, 2.05) is 0 Å². The first kappa shape index (κ1) is 28.3. The second-order valence-electron chi connectivity index (χ2n) is 9.78. The number of fused-ring (bicyclic) bond motifs is 2. The standard InChI is InChI=1S/C30H27FN4O7/c1-32-28(39)33-21-11-12-23-19(15-21)13-14-30(23)27(38)35(29(40)42-30)17-25(36)34(16-18-7-9-20(31)10-8-18)24-6-4-3-5-22(24)26(37)41-2/h3-12,15H,13-14,16-17H2,1-2H3,(H2,32,33,39)/t30-/m1/s1. The van der Waals surface area contributed by atoms with Crippen LogP contribution in [-0.2, 0) is 37.6 Å². The lowest BCUT2D eigenvalue weighted by Crippen LogP contribution is -2.45. The number of urea groups is 1. The van der Waals surface area contributed by atoms with E-state index in [1.165, 1.54) is 55.5 Å². The predicted molar refractivity (Wildman–Crippen MR) is 148 cm³/mol. The van der Waals surface area contributed by atoms with E-state index in [9.17, 15) is 28.4 Å². The monoisotopic (exact) mass is 574 g/mol. The van der Waals surface area contributed by atoms with Gasteiger partial charge in [-0.25, -0.2) is 23.7 Å². The molecule has 1 aliphatic heterocycles. The SMILES string of the molecule is CNC(=O)Nc1ccc2c(c1)CC[C@@]21OC(=O)N(CC(=O)N(Cc2ccc(F)cc2)c2ccccc2C(=O)OC)C1=O. The van der Waals surface area contributed by atoms with E-state index < -0.39 is 47.9 Å². The number of hydrogen-bond donors (Lipinski definition) is 2. The molecule has 12 heteroatoms. The molecule has 11 nitrogen and oxygen atoms in total. The summed E-state index contributed by atoms with van der Waals surface area (Å²) in [6.45, 7) is -0.749. The van der Waals surface area contributed by atoms with E-state index >= 15 is 0 Å². The van der Waals surface area contributed by atoms with Crippen LogP contribution in [0.4, 0.5) is 25.4 Å². The van der Waals surface area contributed by atoms with Crippen LogP contribution in [-0.4, -0.2) is 55.5 Å². The van der Waals surface area contributed by atoms with E-state index in [4.69, 9.17) is 9.47 Å². The molecule has 1 saturated heterocycles. The normalized spacial score (nSPS) is 17.1. The average Bonchev–Trinajstić information content (AvgIpc) is 3.47. The fourth-order valence-corrected chi connectivity index (χ4v) is 5.22. The van der Waals surface area contributed by atoms with Crippen molar-refractivity contribution in [2.45, 2.75) is 25.0 Å². The van der Waals surface area contributed by atoms with Gasteiger partial charge in [0.15, 0.2) is 0 Å². The number of anilines is 2. The minimum absolute atomic E-state index is 0.0840. The molecule has 3 aromatic rings. The summed E-state index contributed by atoms with van der Waals surface area (Å²) in [7, 11) is 2.69. The molecule has 0 aromatic heterocycles. The number of carbonyl (C=O) groups is 5. The second-order valence-corrected chi connectivity index (χ2v) is 9.78. The van der Waals surface area contributed by atoms with Gasteiger partial charge in [-0.05, 0) is 53.9 Å². The third kappa shape index (κ3) is 5.14. The Morgan fingerprint density at radius 1 is 1.07 bits per heavy atom. The molecule has 42 heavy (non-hydrogen) atoms. The van der Waals surface area contributed by atoms with Gasteiger partial charge >= 0.3 is 18.1 Å². The summed E-state index contributed by atoms with van der Waals surface area (Å²) in [4.78, 5) is 66.8. The van der Waals surface area contributed by atoms with Gasteiger partial charge in [-0.1, -0.05) is 30.3 Å². The number of carbonyl (C=O) groups excluding carboxylic acids is 5. The molecule has 1 atom stereocenters. The predicted octanol–water partition coefficient (Wildman–Crippen LogP) is 3.72. The van der Waals surface area contributed by atoms with Crippen molar-refractivity contribution in [2.75, 3.05) is 30.9 Å². The van der Waals surface area contributed by atoms with Gasteiger partial charge in [0.2, 0.25) is 11.5 Å². The first-order chi connectivity index (χ1) is 20.2.